The second-order valence-corrected chi connectivity index (χ2v) is 6.11. The van der Waals surface area contributed by atoms with E-state index in [0.29, 0.717) is 0 Å². The lowest BCUT2D eigenvalue weighted by Crippen LogP contribution is -2.18. The Morgan fingerprint density at radius 3 is 2.58 bits per heavy atom. The van der Waals surface area contributed by atoms with Crippen LogP contribution in [0.2, 0.25) is 0 Å². The molecule has 0 spiro atoms. The molecule has 1 unspecified atom stereocenters. The van der Waals surface area contributed by atoms with Crippen molar-refractivity contribution in [3.63, 3.8) is 0 Å². The molecule has 19 heavy (non-hydrogen) atoms. The van der Waals surface area contributed by atoms with Gasteiger partial charge >= 0.3 is 0 Å². The van der Waals surface area contributed by atoms with Crippen molar-refractivity contribution in [1.82, 2.24) is 5.32 Å². The third kappa shape index (κ3) is 4.13. The van der Waals surface area contributed by atoms with Gasteiger partial charge in [0.2, 0.25) is 0 Å². The molecule has 0 fully saturated rings. The molecule has 0 aliphatic carbocycles. The van der Waals surface area contributed by atoms with Crippen LogP contribution in [-0.4, -0.2) is 0 Å². The highest BCUT2D eigenvalue weighted by Crippen LogP contribution is 2.24. The number of halogens is 3. The summed E-state index contributed by atoms with van der Waals surface area (Å²) in [6.07, 6.45) is 0. The van der Waals surface area contributed by atoms with Gasteiger partial charge in [-0.3, -0.25) is 0 Å². The molecule has 0 bridgehead atoms. The molecule has 0 heterocycles. The summed E-state index contributed by atoms with van der Waals surface area (Å²) in [5.41, 5.74) is 2.13. The van der Waals surface area contributed by atoms with Crippen molar-refractivity contribution < 1.29 is 4.39 Å². The van der Waals surface area contributed by atoms with Gasteiger partial charge in [0.05, 0.1) is 0 Å². The first-order valence-corrected chi connectivity index (χ1v) is 7.57. The van der Waals surface area contributed by atoms with Crippen LogP contribution in [0.15, 0.2) is 51.4 Å². The normalized spacial score (nSPS) is 12.4. The Balaban J connectivity index is 2.00. The van der Waals surface area contributed by atoms with Crippen molar-refractivity contribution >= 4 is 31.9 Å². The van der Waals surface area contributed by atoms with E-state index in [0.717, 1.165) is 21.1 Å². The standard InChI is InChI=1S/C15H14Br2FN/c1-10(12-3-2-4-13(18)8-12)19-9-11-5-6-14(16)15(17)7-11/h2-8,10,19H,9H2,1H3. The van der Waals surface area contributed by atoms with E-state index < -0.39 is 0 Å². The van der Waals surface area contributed by atoms with Crippen LogP contribution < -0.4 is 5.32 Å². The van der Waals surface area contributed by atoms with Crippen molar-refractivity contribution in [2.75, 3.05) is 0 Å². The second kappa shape index (κ2) is 6.64. The Bertz CT molecular complexity index is 572. The van der Waals surface area contributed by atoms with Gasteiger partial charge in [-0.2, -0.15) is 0 Å². The van der Waals surface area contributed by atoms with Gasteiger partial charge in [-0.05, 0) is 74.2 Å². The molecule has 1 nitrogen and oxygen atoms in total. The Morgan fingerprint density at radius 1 is 1.11 bits per heavy atom. The zero-order valence-electron chi connectivity index (χ0n) is 10.5. The van der Waals surface area contributed by atoms with Gasteiger partial charge in [0.15, 0.2) is 0 Å². The van der Waals surface area contributed by atoms with Gasteiger partial charge in [0.1, 0.15) is 5.82 Å². The third-order valence-electron chi connectivity index (χ3n) is 2.95. The Hall–Kier alpha value is -0.710. The molecule has 0 saturated carbocycles. The van der Waals surface area contributed by atoms with E-state index in [4.69, 9.17) is 0 Å². The minimum atomic E-state index is -0.197. The van der Waals surface area contributed by atoms with Crippen LogP contribution in [0.25, 0.3) is 0 Å². The zero-order valence-corrected chi connectivity index (χ0v) is 13.6. The monoisotopic (exact) mass is 385 g/mol. The fourth-order valence-corrected chi connectivity index (χ4v) is 2.49. The highest BCUT2D eigenvalue weighted by atomic mass is 79.9. The maximum absolute atomic E-state index is 13.1. The second-order valence-electron chi connectivity index (χ2n) is 4.41. The Kier molecular flexibility index (Phi) is 5.13. The zero-order chi connectivity index (χ0) is 13.8. The van der Waals surface area contributed by atoms with E-state index in [-0.39, 0.29) is 11.9 Å². The van der Waals surface area contributed by atoms with Crippen LogP contribution in [-0.2, 0) is 6.54 Å². The van der Waals surface area contributed by atoms with E-state index in [1.54, 1.807) is 12.1 Å². The van der Waals surface area contributed by atoms with E-state index in [9.17, 15) is 4.39 Å². The van der Waals surface area contributed by atoms with E-state index in [2.05, 4.69) is 49.3 Å². The molecule has 0 saturated heterocycles. The molecule has 0 radical (unpaired) electrons. The predicted octanol–water partition coefficient (Wildman–Crippen LogP) is 5.20. The predicted molar refractivity (Wildman–Crippen MR) is 83.5 cm³/mol. The molecule has 0 aliphatic heterocycles. The lowest BCUT2D eigenvalue weighted by Gasteiger charge is -2.14. The van der Waals surface area contributed by atoms with Gasteiger partial charge < -0.3 is 5.32 Å². The summed E-state index contributed by atoms with van der Waals surface area (Å²) in [7, 11) is 0. The average molecular weight is 387 g/mol. The molecule has 4 heteroatoms. The summed E-state index contributed by atoms with van der Waals surface area (Å²) in [5.74, 6) is -0.197. The van der Waals surface area contributed by atoms with Gasteiger partial charge in [-0.25, -0.2) is 4.39 Å². The number of hydrogen-bond donors (Lipinski definition) is 1. The van der Waals surface area contributed by atoms with Crippen molar-refractivity contribution in [3.05, 3.63) is 68.4 Å². The number of nitrogens with one attached hydrogen (secondary N) is 1. The Morgan fingerprint density at radius 2 is 1.89 bits per heavy atom. The topological polar surface area (TPSA) is 12.0 Å². The summed E-state index contributed by atoms with van der Waals surface area (Å²) in [4.78, 5) is 0. The SMILES string of the molecule is CC(NCc1ccc(Br)c(Br)c1)c1cccc(F)c1. The smallest absolute Gasteiger partial charge is 0.123 e. The van der Waals surface area contributed by atoms with E-state index >= 15 is 0 Å². The third-order valence-corrected chi connectivity index (χ3v) is 4.82. The number of benzene rings is 2. The summed E-state index contributed by atoms with van der Waals surface area (Å²) in [5, 5.41) is 3.39. The van der Waals surface area contributed by atoms with Crippen molar-refractivity contribution in [3.8, 4) is 0 Å². The van der Waals surface area contributed by atoms with Crippen LogP contribution in [0.1, 0.15) is 24.1 Å². The van der Waals surface area contributed by atoms with Crippen molar-refractivity contribution in [2.45, 2.75) is 19.5 Å². The molecule has 2 rings (SSSR count). The fraction of sp³-hybridized carbons (Fsp3) is 0.200. The molecule has 2 aromatic carbocycles. The molecule has 1 N–H and O–H groups in total. The molecule has 0 aromatic heterocycles. The van der Waals surface area contributed by atoms with Gasteiger partial charge in [-0.1, -0.05) is 18.2 Å². The summed E-state index contributed by atoms with van der Waals surface area (Å²) in [6, 6.07) is 12.9. The van der Waals surface area contributed by atoms with Crippen LogP contribution in [0, 0.1) is 5.82 Å². The van der Waals surface area contributed by atoms with Crippen LogP contribution in [0.4, 0.5) is 4.39 Å². The molecule has 2 aromatic rings. The lowest BCUT2D eigenvalue weighted by atomic mass is 10.1. The summed E-state index contributed by atoms with van der Waals surface area (Å²) >= 11 is 6.93. The lowest BCUT2D eigenvalue weighted by molar-refractivity contribution is 0.565. The molecular formula is C15H14Br2FN. The molecule has 1 atom stereocenters. The first-order chi connectivity index (χ1) is 9.06. The quantitative estimate of drug-likeness (QED) is 0.761. The Labute approximate surface area is 129 Å². The summed E-state index contributed by atoms with van der Waals surface area (Å²) < 4.78 is 15.2. The van der Waals surface area contributed by atoms with Crippen LogP contribution >= 0.6 is 31.9 Å². The van der Waals surface area contributed by atoms with Gasteiger partial charge in [0, 0.05) is 21.5 Å². The van der Waals surface area contributed by atoms with E-state index in [1.807, 2.05) is 19.1 Å². The fourth-order valence-electron chi connectivity index (χ4n) is 1.81. The van der Waals surface area contributed by atoms with Crippen LogP contribution in [0.3, 0.4) is 0 Å². The number of hydrogen-bond acceptors (Lipinski definition) is 1. The average Bonchev–Trinajstić information content (AvgIpc) is 2.40. The maximum Gasteiger partial charge on any atom is 0.123 e. The molecule has 100 valence electrons. The van der Waals surface area contributed by atoms with Crippen molar-refractivity contribution in [1.29, 1.82) is 0 Å². The number of rotatable bonds is 4. The minimum Gasteiger partial charge on any atom is -0.306 e. The minimum absolute atomic E-state index is 0.109. The van der Waals surface area contributed by atoms with Crippen molar-refractivity contribution in [2.24, 2.45) is 0 Å². The van der Waals surface area contributed by atoms with Gasteiger partial charge in [0.25, 0.3) is 0 Å². The van der Waals surface area contributed by atoms with Gasteiger partial charge in [-0.15, -0.1) is 0 Å². The largest absolute Gasteiger partial charge is 0.306 e. The first kappa shape index (κ1) is 14.7. The highest BCUT2D eigenvalue weighted by molar-refractivity contribution is 9.13. The molecule has 0 aliphatic rings. The van der Waals surface area contributed by atoms with E-state index in [1.165, 1.54) is 11.6 Å². The first-order valence-electron chi connectivity index (χ1n) is 5.99. The van der Waals surface area contributed by atoms with Crippen LogP contribution in [0.5, 0.6) is 0 Å². The summed E-state index contributed by atoms with van der Waals surface area (Å²) in [6.45, 7) is 2.77. The maximum atomic E-state index is 13.1. The molecule has 0 amide bonds. The highest BCUT2D eigenvalue weighted by Gasteiger charge is 2.06. The molecular weight excluding hydrogens is 373 g/mol.